The zero-order chi connectivity index (χ0) is 20.4. The van der Waals surface area contributed by atoms with Crippen LogP contribution in [0, 0.1) is 11.6 Å². The third kappa shape index (κ3) is 3.78. The standard InChI is InChI=1S/C23H19F2NO3/c24-17-12-19(22(27)20(25)13-17)21-18-9-5-4-8-16(18)10-11-26(21)23(28)29-14-15-6-2-1-3-7-15/h1-9,12-13,21,27H,10-11,14H2. The molecule has 4 nitrogen and oxygen atoms in total. The molecule has 6 heteroatoms. The molecule has 4 rings (SSSR count). The molecule has 148 valence electrons. The number of fused-ring (bicyclic) bond motifs is 1. The van der Waals surface area contributed by atoms with Crippen molar-refractivity contribution in [2.24, 2.45) is 0 Å². The van der Waals surface area contributed by atoms with E-state index in [1.54, 1.807) is 12.1 Å². The van der Waals surface area contributed by atoms with Crippen molar-refractivity contribution < 1.29 is 23.4 Å². The molecule has 0 bridgehead atoms. The summed E-state index contributed by atoms with van der Waals surface area (Å²) in [5.41, 5.74) is 2.48. The van der Waals surface area contributed by atoms with E-state index in [-0.39, 0.29) is 12.2 Å². The Bertz CT molecular complexity index is 1040. The third-order valence-electron chi connectivity index (χ3n) is 5.08. The molecule has 0 spiro atoms. The van der Waals surface area contributed by atoms with Gasteiger partial charge in [0.25, 0.3) is 0 Å². The van der Waals surface area contributed by atoms with E-state index in [9.17, 15) is 18.7 Å². The van der Waals surface area contributed by atoms with Crippen LogP contribution in [0.3, 0.4) is 0 Å². The van der Waals surface area contributed by atoms with E-state index in [0.29, 0.717) is 24.6 Å². The summed E-state index contributed by atoms with van der Waals surface area (Å²) >= 11 is 0. The maximum atomic E-state index is 14.0. The first-order valence-electron chi connectivity index (χ1n) is 9.27. The van der Waals surface area contributed by atoms with E-state index in [2.05, 4.69) is 0 Å². The Labute approximate surface area is 167 Å². The van der Waals surface area contributed by atoms with Gasteiger partial charge in [-0.3, -0.25) is 4.90 Å². The van der Waals surface area contributed by atoms with Gasteiger partial charge in [0, 0.05) is 18.2 Å². The lowest BCUT2D eigenvalue weighted by atomic mass is 9.88. The molecule has 3 aromatic rings. The van der Waals surface area contributed by atoms with E-state index in [1.807, 2.05) is 42.5 Å². The number of aromatic hydroxyl groups is 1. The predicted molar refractivity (Wildman–Crippen MR) is 103 cm³/mol. The molecule has 1 atom stereocenters. The molecule has 0 fully saturated rings. The van der Waals surface area contributed by atoms with Crippen molar-refractivity contribution >= 4 is 6.09 Å². The minimum atomic E-state index is -1.07. The predicted octanol–water partition coefficient (Wildman–Crippen LogP) is 4.95. The molecule has 1 heterocycles. The van der Waals surface area contributed by atoms with Crippen LogP contribution in [0.5, 0.6) is 5.75 Å². The van der Waals surface area contributed by atoms with Crippen LogP contribution in [0.4, 0.5) is 13.6 Å². The average molecular weight is 395 g/mol. The number of hydrogen-bond acceptors (Lipinski definition) is 3. The minimum absolute atomic E-state index is 0.00805. The number of phenolic OH excluding ortho intramolecular Hbond substituents is 1. The molecule has 0 radical (unpaired) electrons. The lowest BCUT2D eigenvalue weighted by molar-refractivity contribution is 0.0832. The van der Waals surface area contributed by atoms with Crippen LogP contribution in [-0.4, -0.2) is 22.6 Å². The van der Waals surface area contributed by atoms with Gasteiger partial charge in [-0.15, -0.1) is 0 Å². The summed E-state index contributed by atoms with van der Waals surface area (Å²) in [6, 6.07) is 17.4. The molecule has 3 aromatic carbocycles. The summed E-state index contributed by atoms with van der Waals surface area (Å²) in [6.45, 7) is 0.376. The molecule has 29 heavy (non-hydrogen) atoms. The molecule has 1 N–H and O–H groups in total. The Morgan fingerprint density at radius 1 is 1.03 bits per heavy atom. The second kappa shape index (κ2) is 7.91. The van der Waals surface area contributed by atoms with Crippen molar-refractivity contribution in [2.75, 3.05) is 6.54 Å². The van der Waals surface area contributed by atoms with Gasteiger partial charge in [0.15, 0.2) is 11.6 Å². The summed E-state index contributed by atoms with van der Waals surface area (Å²) in [4.78, 5) is 14.3. The number of phenols is 1. The number of ether oxygens (including phenoxy) is 1. The van der Waals surface area contributed by atoms with Crippen molar-refractivity contribution in [1.29, 1.82) is 0 Å². The van der Waals surface area contributed by atoms with Gasteiger partial charge in [-0.2, -0.15) is 0 Å². The Morgan fingerprint density at radius 3 is 2.55 bits per heavy atom. The topological polar surface area (TPSA) is 49.8 Å². The lowest BCUT2D eigenvalue weighted by Gasteiger charge is -2.37. The normalized spacial score (nSPS) is 15.7. The molecular formula is C23H19F2NO3. The van der Waals surface area contributed by atoms with Gasteiger partial charge in [-0.25, -0.2) is 13.6 Å². The van der Waals surface area contributed by atoms with Crippen LogP contribution in [0.15, 0.2) is 66.7 Å². The Morgan fingerprint density at radius 2 is 1.76 bits per heavy atom. The number of benzene rings is 3. The minimum Gasteiger partial charge on any atom is -0.505 e. The molecule has 1 unspecified atom stereocenters. The van der Waals surface area contributed by atoms with Crippen LogP contribution in [0.25, 0.3) is 0 Å². The van der Waals surface area contributed by atoms with Gasteiger partial charge < -0.3 is 9.84 Å². The first kappa shape index (κ1) is 18.9. The summed E-state index contributed by atoms with van der Waals surface area (Å²) in [6.07, 6.45) is -0.0384. The van der Waals surface area contributed by atoms with Crippen LogP contribution in [0.2, 0.25) is 0 Å². The number of halogens is 2. The first-order valence-corrected chi connectivity index (χ1v) is 9.27. The molecule has 1 aliphatic heterocycles. The van der Waals surface area contributed by atoms with E-state index in [1.165, 1.54) is 4.90 Å². The summed E-state index contributed by atoms with van der Waals surface area (Å²) in [7, 11) is 0. The van der Waals surface area contributed by atoms with Gasteiger partial charge in [-0.05, 0) is 29.2 Å². The molecule has 1 amide bonds. The fourth-order valence-electron chi connectivity index (χ4n) is 3.70. The molecular weight excluding hydrogens is 376 g/mol. The fraction of sp³-hybridized carbons (Fsp3) is 0.174. The van der Waals surface area contributed by atoms with E-state index in [0.717, 1.165) is 17.2 Å². The van der Waals surface area contributed by atoms with Gasteiger partial charge >= 0.3 is 6.09 Å². The molecule has 0 aromatic heterocycles. The highest BCUT2D eigenvalue weighted by molar-refractivity contribution is 5.70. The average Bonchev–Trinajstić information content (AvgIpc) is 2.74. The Hall–Kier alpha value is -3.41. The van der Waals surface area contributed by atoms with Crippen LogP contribution < -0.4 is 0 Å². The molecule has 0 saturated heterocycles. The molecule has 0 saturated carbocycles. The number of carbonyl (C=O) groups is 1. The number of rotatable bonds is 3. The monoisotopic (exact) mass is 395 g/mol. The SMILES string of the molecule is O=C(OCc1ccccc1)N1CCc2ccccc2C1c1cc(F)cc(F)c1O. The van der Waals surface area contributed by atoms with Gasteiger partial charge in [-0.1, -0.05) is 54.6 Å². The van der Waals surface area contributed by atoms with E-state index >= 15 is 0 Å². The maximum absolute atomic E-state index is 14.0. The molecule has 0 aliphatic carbocycles. The van der Waals surface area contributed by atoms with Gasteiger partial charge in [0.05, 0.1) is 6.04 Å². The second-order valence-corrected chi connectivity index (χ2v) is 6.91. The van der Waals surface area contributed by atoms with Crippen molar-refractivity contribution in [3.63, 3.8) is 0 Å². The maximum Gasteiger partial charge on any atom is 0.410 e. The quantitative estimate of drug-likeness (QED) is 0.682. The summed E-state index contributed by atoms with van der Waals surface area (Å²) in [5.74, 6) is -2.56. The van der Waals surface area contributed by atoms with Crippen molar-refractivity contribution in [3.8, 4) is 5.75 Å². The number of amides is 1. The second-order valence-electron chi connectivity index (χ2n) is 6.91. The highest BCUT2D eigenvalue weighted by Gasteiger charge is 2.35. The van der Waals surface area contributed by atoms with Crippen molar-refractivity contribution in [2.45, 2.75) is 19.1 Å². The highest BCUT2D eigenvalue weighted by atomic mass is 19.1. The summed E-state index contributed by atoms with van der Waals surface area (Å²) in [5, 5.41) is 10.3. The van der Waals surface area contributed by atoms with Gasteiger partial charge in [0.2, 0.25) is 0 Å². The zero-order valence-electron chi connectivity index (χ0n) is 15.5. The van der Waals surface area contributed by atoms with E-state index < -0.39 is 29.5 Å². The number of carbonyl (C=O) groups excluding carboxylic acids is 1. The van der Waals surface area contributed by atoms with Crippen LogP contribution in [0.1, 0.15) is 28.3 Å². The van der Waals surface area contributed by atoms with Crippen molar-refractivity contribution in [3.05, 3.63) is 101 Å². The highest BCUT2D eigenvalue weighted by Crippen LogP contribution is 2.40. The van der Waals surface area contributed by atoms with E-state index in [4.69, 9.17) is 4.74 Å². The summed E-state index contributed by atoms with van der Waals surface area (Å²) < 4.78 is 33.4. The zero-order valence-corrected chi connectivity index (χ0v) is 15.5. The van der Waals surface area contributed by atoms with Crippen LogP contribution in [-0.2, 0) is 17.8 Å². The Balaban J connectivity index is 1.70. The first-order chi connectivity index (χ1) is 14.0. The van der Waals surface area contributed by atoms with Crippen molar-refractivity contribution in [1.82, 2.24) is 4.90 Å². The Kier molecular flexibility index (Phi) is 5.16. The lowest BCUT2D eigenvalue weighted by Crippen LogP contribution is -2.41. The largest absolute Gasteiger partial charge is 0.505 e. The smallest absolute Gasteiger partial charge is 0.410 e. The molecule has 1 aliphatic rings. The van der Waals surface area contributed by atoms with Gasteiger partial charge in [0.1, 0.15) is 12.4 Å². The number of hydrogen-bond donors (Lipinski definition) is 1. The van der Waals surface area contributed by atoms with Crippen LogP contribution >= 0.6 is 0 Å². The fourth-order valence-corrected chi connectivity index (χ4v) is 3.70. The third-order valence-corrected chi connectivity index (χ3v) is 5.08. The number of nitrogens with zero attached hydrogens (tertiary/aromatic N) is 1.